The van der Waals surface area contributed by atoms with Crippen molar-refractivity contribution in [2.75, 3.05) is 25.1 Å². The van der Waals surface area contributed by atoms with Crippen molar-refractivity contribution in [3.8, 4) is 5.75 Å². The third-order valence-corrected chi connectivity index (χ3v) is 6.88. The first kappa shape index (κ1) is 21.1. The summed E-state index contributed by atoms with van der Waals surface area (Å²) in [6.07, 6.45) is 1.00. The van der Waals surface area contributed by atoms with Crippen molar-refractivity contribution in [3.63, 3.8) is 0 Å². The minimum atomic E-state index is -3.24. The maximum absolute atomic E-state index is 15.7. The molecule has 1 aromatic carbocycles. The van der Waals surface area contributed by atoms with Crippen molar-refractivity contribution in [1.82, 2.24) is 9.55 Å². The van der Waals surface area contributed by atoms with Gasteiger partial charge in [-0.25, -0.2) is 18.0 Å². The predicted molar refractivity (Wildman–Crippen MR) is 112 cm³/mol. The van der Waals surface area contributed by atoms with Crippen molar-refractivity contribution in [3.05, 3.63) is 43.9 Å². The number of hydrogen-bond donors (Lipinski definition) is 2. The second-order valence-corrected chi connectivity index (χ2v) is 8.92. The lowest BCUT2D eigenvalue weighted by Gasteiger charge is -2.28. The number of methoxy groups -OCH3 is 1. The van der Waals surface area contributed by atoms with E-state index in [0.29, 0.717) is 5.57 Å². The Bertz CT molecular complexity index is 1260. The van der Waals surface area contributed by atoms with Crippen molar-refractivity contribution >= 4 is 16.6 Å². The number of aryl methyl sites for hydroxylation is 1. The molecule has 3 aliphatic rings. The van der Waals surface area contributed by atoms with E-state index in [2.05, 4.69) is 4.98 Å². The molecule has 7 nitrogen and oxygen atoms in total. The molecule has 5 rings (SSSR count). The Balaban J connectivity index is 1.73. The Morgan fingerprint density at radius 3 is 2.66 bits per heavy atom. The monoisotopic (exact) mass is 451 g/mol. The normalized spacial score (nSPS) is 24.9. The third-order valence-electron chi connectivity index (χ3n) is 6.88. The molecule has 2 aliphatic carbocycles. The average Bonchev–Trinajstić information content (AvgIpc) is 3.49. The number of aromatic nitrogens is 2. The van der Waals surface area contributed by atoms with Crippen LogP contribution in [0.15, 0.2) is 21.2 Å². The van der Waals surface area contributed by atoms with Gasteiger partial charge in [0.15, 0.2) is 11.6 Å². The molecule has 0 amide bonds. The summed E-state index contributed by atoms with van der Waals surface area (Å²) in [6.45, 7) is 1.57. The summed E-state index contributed by atoms with van der Waals surface area (Å²) in [7, 11) is 1.33. The molecule has 1 aliphatic heterocycles. The van der Waals surface area contributed by atoms with Crippen LogP contribution in [0, 0.1) is 18.7 Å². The first-order valence-electron chi connectivity index (χ1n) is 10.7. The van der Waals surface area contributed by atoms with Crippen LogP contribution in [-0.4, -0.2) is 46.9 Å². The standard InChI is InChI=1S/C22H24F3N3O4/c1-10-14-16(28(12-5-6-12)21(31)26-20(14)30)18(32-2)17(15(10)23)27-8-11-4-3-7-22(24,25)19(29)13(11)9-27/h4,12-13,19,29H,3,5-9H2,1-2H3,(H,26,30,31). The number of nitrogens with one attached hydrogen (secondary N) is 1. The second kappa shape index (κ2) is 7.13. The topological polar surface area (TPSA) is 87.6 Å². The van der Waals surface area contributed by atoms with Crippen molar-refractivity contribution in [2.24, 2.45) is 5.92 Å². The molecule has 2 heterocycles. The van der Waals surface area contributed by atoms with Crippen LogP contribution in [0.4, 0.5) is 18.9 Å². The highest BCUT2D eigenvalue weighted by molar-refractivity contribution is 5.94. The van der Waals surface area contributed by atoms with Gasteiger partial charge < -0.3 is 14.7 Å². The summed E-state index contributed by atoms with van der Waals surface area (Å²) >= 11 is 0. The van der Waals surface area contributed by atoms with Gasteiger partial charge in [0.1, 0.15) is 17.3 Å². The third kappa shape index (κ3) is 2.99. The molecule has 2 unspecified atom stereocenters. The summed E-state index contributed by atoms with van der Waals surface area (Å²) < 4.78 is 51.2. The highest BCUT2D eigenvalue weighted by atomic mass is 19.3. The van der Waals surface area contributed by atoms with E-state index in [-0.39, 0.29) is 53.5 Å². The number of aliphatic hydroxyl groups excluding tert-OH is 1. The number of nitrogens with zero attached hydrogens (tertiary/aromatic N) is 2. The minimum Gasteiger partial charge on any atom is -0.492 e. The molecule has 0 bridgehead atoms. The molecule has 0 radical (unpaired) electrons. The van der Waals surface area contributed by atoms with Gasteiger partial charge in [-0.2, -0.15) is 0 Å². The van der Waals surface area contributed by atoms with E-state index < -0.39 is 41.4 Å². The molecule has 10 heteroatoms. The van der Waals surface area contributed by atoms with Gasteiger partial charge in [-0.15, -0.1) is 0 Å². The van der Waals surface area contributed by atoms with Gasteiger partial charge in [0.05, 0.1) is 12.5 Å². The predicted octanol–water partition coefficient (Wildman–Crippen LogP) is 2.63. The van der Waals surface area contributed by atoms with E-state index in [1.54, 1.807) is 11.0 Å². The lowest BCUT2D eigenvalue weighted by Crippen LogP contribution is -2.40. The number of aliphatic hydroxyl groups is 1. The largest absolute Gasteiger partial charge is 0.492 e. The molecule has 1 saturated heterocycles. The molecule has 2 atom stereocenters. The van der Waals surface area contributed by atoms with Gasteiger partial charge >= 0.3 is 5.69 Å². The first-order chi connectivity index (χ1) is 15.2. The molecule has 1 saturated carbocycles. The fraction of sp³-hybridized carbons (Fsp3) is 0.545. The molecule has 32 heavy (non-hydrogen) atoms. The number of allylic oxidation sites excluding steroid dienone is 1. The number of alkyl halides is 2. The van der Waals surface area contributed by atoms with Crippen molar-refractivity contribution < 1.29 is 23.0 Å². The zero-order valence-electron chi connectivity index (χ0n) is 17.8. The summed E-state index contributed by atoms with van der Waals surface area (Å²) in [6, 6.07) is -0.124. The molecular weight excluding hydrogens is 427 g/mol. The number of anilines is 1. The highest BCUT2D eigenvalue weighted by Gasteiger charge is 2.49. The number of hydrogen-bond acceptors (Lipinski definition) is 5. The highest BCUT2D eigenvalue weighted by Crippen LogP contribution is 2.47. The van der Waals surface area contributed by atoms with E-state index in [0.717, 1.165) is 12.8 Å². The quantitative estimate of drug-likeness (QED) is 0.701. The number of halogens is 3. The fourth-order valence-electron chi connectivity index (χ4n) is 5.11. The van der Waals surface area contributed by atoms with Crippen LogP contribution in [0.3, 0.4) is 0 Å². The number of ether oxygens (including phenoxy) is 1. The van der Waals surface area contributed by atoms with E-state index in [1.165, 1.54) is 18.6 Å². The summed E-state index contributed by atoms with van der Waals surface area (Å²) in [4.78, 5) is 29.0. The van der Waals surface area contributed by atoms with Crippen LogP contribution < -0.4 is 20.9 Å². The Morgan fingerprint density at radius 2 is 2.00 bits per heavy atom. The molecule has 2 N–H and O–H groups in total. The molecule has 0 spiro atoms. The zero-order chi connectivity index (χ0) is 22.9. The number of aromatic amines is 1. The number of benzene rings is 1. The summed E-state index contributed by atoms with van der Waals surface area (Å²) in [5, 5.41) is 10.4. The van der Waals surface area contributed by atoms with Crippen LogP contribution in [0.1, 0.15) is 37.3 Å². The molecule has 172 valence electrons. The van der Waals surface area contributed by atoms with Gasteiger partial charge in [0.25, 0.3) is 11.5 Å². The Morgan fingerprint density at radius 1 is 1.28 bits per heavy atom. The smallest absolute Gasteiger partial charge is 0.329 e. The second-order valence-electron chi connectivity index (χ2n) is 8.92. The van der Waals surface area contributed by atoms with Crippen LogP contribution in [0.2, 0.25) is 0 Å². The lowest BCUT2D eigenvalue weighted by atomic mass is 9.94. The fourth-order valence-corrected chi connectivity index (χ4v) is 5.11. The van der Waals surface area contributed by atoms with Gasteiger partial charge in [-0.1, -0.05) is 6.08 Å². The van der Waals surface area contributed by atoms with E-state index in [4.69, 9.17) is 4.74 Å². The Kier molecular flexibility index (Phi) is 4.70. The first-order valence-corrected chi connectivity index (χ1v) is 10.7. The van der Waals surface area contributed by atoms with Crippen LogP contribution in [-0.2, 0) is 0 Å². The van der Waals surface area contributed by atoms with Crippen LogP contribution in [0.25, 0.3) is 10.9 Å². The SMILES string of the molecule is COc1c(N2CC3=CCCC(F)(F)C(O)C3C2)c(F)c(C)c2c(=O)[nH]c(=O)n(C3CC3)c12. The van der Waals surface area contributed by atoms with Gasteiger partial charge in [0.2, 0.25) is 0 Å². The maximum atomic E-state index is 15.7. The van der Waals surface area contributed by atoms with Gasteiger partial charge in [-0.3, -0.25) is 14.3 Å². The minimum absolute atomic E-state index is 0.0152. The van der Waals surface area contributed by atoms with Crippen molar-refractivity contribution in [2.45, 2.75) is 50.7 Å². The van der Waals surface area contributed by atoms with Gasteiger partial charge in [-0.05, 0) is 31.8 Å². The number of H-pyrrole nitrogens is 1. The van der Waals surface area contributed by atoms with Crippen LogP contribution in [0.5, 0.6) is 5.75 Å². The van der Waals surface area contributed by atoms with Crippen molar-refractivity contribution in [1.29, 1.82) is 0 Å². The molecule has 2 fully saturated rings. The lowest BCUT2D eigenvalue weighted by molar-refractivity contribution is -0.124. The zero-order valence-corrected chi connectivity index (χ0v) is 17.8. The van der Waals surface area contributed by atoms with E-state index in [9.17, 15) is 23.5 Å². The van der Waals surface area contributed by atoms with Crippen LogP contribution >= 0.6 is 0 Å². The molecule has 1 aromatic heterocycles. The summed E-state index contributed by atoms with van der Waals surface area (Å²) in [5.41, 5.74) is -0.388. The molecular formula is C22H24F3N3O4. The number of fused-ring (bicyclic) bond motifs is 2. The Hall–Kier alpha value is -2.75. The molecule has 2 aromatic rings. The number of rotatable bonds is 3. The average molecular weight is 451 g/mol. The van der Waals surface area contributed by atoms with E-state index >= 15 is 4.39 Å². The Labute approximate surface area is 181 Å². The maximum Gasteiger partial charge on any atom is 0.329 e. The van der Waals surface area contributed by atoms with E-state index in [1.807, 2.05) is 0 Å². The summed E-state index contributed by atoms with van der Waals surface area (Å²) in [5.74, 6) is -4.77. The van der Waals surface area contributed by atoms with Gasteiger partial charge in [0, 0.05) is 37.0 Å².